The van der Waals surface area contributed by atoms with E-state index >= 15 is 0 Å². The Morgan fingerprint density at radius 2 is 2.00 bits per heavy atom. The van der Waals surface area contributed by atoms with Crippen LogP contribution in [0.25, 0.3) is 0 Å². The predicted molar refractivity (Wildman–Crippen MR) is 89.1 cm³/mol. The Morgan fingerprint density at radius 3 is 2.67 bits per heavy atom. The summed E-state index contributed by atoms with van der Waals surface area (Å²) in [6.45, 7) is 1.83. The zero-order valence-electron chi connectivity index (χ0n) is 11.1. The van der Waals surface area contributed by atoms with Gasteiger partial charge in [0.15, 0.2) is 0 Å². The van der Waals surface area contributed by atoms with Crippen molar-refractivity contribution in [1.29, 1.82) is 0 Å². The van der Waals surface area contributed by atoms with Crippen molar-refractivity contribution in [2.24, 2.45) is 5.73 Å². The number of amides is 1. The molecule has 0 saturated carbocycles. The molecule has 1 amide bonds. The average Bonchev–Trinajstić information content (AvgIpc) is 2.43. The number of rotatable bonds is 3. The van der Waals surface area contributed by atoms with Gasteiger partial charge in [-0.1, -0.05) is 40.3 Å². The molecule has 2 aromatic rings. The van der Waals surface area contributed by atoms with Crippen LogP contribution in [-0.4, -0.2) is 10.9 Å². The van der Waals surface area contributed by atoms with Crippen LogP contribution in [0.1, 0.15) is 21.5 Å². The molecule has 0 fully saturated rings. The lowest BCUT2D eigenvalue weighted by Gasteiger charge is -2.11. The van der Waals surface area contributed by atoms with Gasteiger partial charge >= 0.3 is 0 Å². The Hall–Kier alpha value is -1.79. The van der Waals surface area contributed by atoms with Gasteiger partial charge in [-0.3, -0.25) is 4.79 Å². The van der Waals surface area contributed by atoms with E-state index in [1.54, 1.807) is 18.2 Å². The van der Waals surface area contributed by atoms with Crippen LogP contribution in [0.15, 0.2) is 40.9 Å². The summed E-state index contributed by atoms with van der Waals surface area (Å²) in [7, 11) is 0. The van der Waals surface area contributed by atoms with Crippen molar-refractivity contribution in [3.05, 3.63) is 63.4 Å². The van der Waals surface area contributed by atoms with Crippen molar-refractivity contribution in [1.82, 2.24) is 0 Å². The highest BCUT2D eigenvalue weighted by molar-refractivity contribution is 9.10. The number of anilines is 1. The molecule has 0 aliphatic rings. The molecule has 0 atom stereocenters. The second kappa shape index (κ2) is 6.32. The van der Waals surface area contributed by atoms with Crippen LogP contribution in [0.4, 0.5) is 10.1 Å². The van der Waals surface area contributed by atoms with Gasteiger partial charge < -0.3 is 11.1 Å². The topological polar surface area (TPSA) is 55.1 Å². The van der Waals surface area contributed by atoms with Crippen LogP contribution < -0.4 is 11.1 Å². The first kappa shape index (κ1) is 15.6. The maximum absolute atomic E-state index is 13.7. The van der Waals surface area contributed by atoms with Gasteiger partial charge in [-0.2, -0.15) is 0 Å². The van der Waals surface area contributed by atoms with Crippen molar-refractivity contribution in [3.63, 3.8) is 0 Å². The van der Waals surface area contributed by atoms with Crippen LogP contribution in [0.2, 0.25) is 0 Å². The van der Waals surface area contributed by atoms with Crippen molar-refractivity contribution >= 4 is 44.7 Å². The van der Waals surface area contributed by atoms with Gasteiger partial charge in [0, 0.05) is 15.7 Å². The minimum atomic E-state index is -0.584. The molecular formula is C15H12BrFN2OS. The molecular weight excluding hydrogens is 355 g/mol. The Bertz CT molecular complexity index is 734. The Kier molecular flexibility index (Phi) is 4.69. The maximum atomic E-state index is 13.7. The molecule has 0 spiro atoms. The number of nitrogens with two attached hydrogens (primary N) is 1. The zero-order valence-corrected chi connectivity index (χ0v) is 13.5. The number of carbonyl (C=O) groups excluding carboxylic acids is 1. The van der Waals surface area contributed by atoms with Gasteiger partial charge in [-0.05, 0) is 36.8 Å². The Balaban J connectivity index is 2.33. The third-order valence-corrected chi connectivity index (χ3v) is 3.67. The molecule has 0 unspecified atom stereocenters. The zero-order chi connectivity index (χ0) is 15.6. The second-order valence-corrected chi connectivity index (χ2v) is 5.83. The highest BCUT2D eigenvalue weighted by atomic mass is 79.9. The molecule has 0 heterocycles. The van der Waals surface area contributed by atoms with E-state index in [1.165, 1.54) is 18.2 Å². The third kappa shape index (κ3) is 3.65. The molecule has 0 radical (unpaired) electrons. The number of benzene rings is 2. The second-order valence-electron chi connectivity index (χ2n) is 4.47. The summed E-state index contributed by atoms with van der Waals surface area (Å²) in [5.74, 6) is -1.11. The molecule has 2 aromatic carbocycles. The van der Waals surface area contributed by atoms with Crippen molar-refractivity contribution < 1.29 is 9.18 Å². The summed E-state index contributed by atoms with van der Waals surface area (Å²) in [5, 5.41) is 2.67. The highest BCUT2D eigenvalue weighted by Crippen LogP contribution is 2.20. The van der Waals surface area contributed by atoms with Gasteiger partial charge in [0.2, 0.25) is 0 Å². The number of thiocarbonyl (C=S) groups is 1. The summed E-state index contributed by atoms with van der Waals surface area (Å²) in [6.07, 6.45) is 0. The fourth-order valence-corrected chi connectivity index (χ4v) is 2.26. The molecule has 0 bridgehead atoms. The van der Waals surface area contributed by atoms with Crippen LogP contribution in [0.3, 0.4) is 0 Å². The summed E-state index contributed by atoms with van der Waals surface area (Å²) in [6, 6.07) is 9.43. The highest BCUT2D eigenvalue weighted by Gasteiger charge is 2.14. The van der Waals surface area contributed by atoms with E-state index in [1.807, 2.05) is 6.92 Å². The van der Waals surface area contributed by atoms with Gasteiger partial charge in [0.05, 0.1) is 5.56 Å². The van der Waals surface area contributed by atoms with Crippen LogP contribution in [-0.2, 0) is 0 Å². The fourth-order valence-electron chi connectivity index (χ4n) is 1.77. The van der Waals surface area contributed by atoms with E-state index in [0.717, 1.165) is 5.56 Å². The maximum Gasteiger partial charge on any atom is 0.258 e. The van der Waals surface area contributed by atoms with E-state index in [4.69, 9.17) is 18.0 Å². The molecule has 0 aliphatic carbocycles. The first-order valence-electron chi connectivity index (χ1n) is 6.05. The number of carbonyl (C=O) groups is 1. The number of halogens is 2. The quantitative estimate of drug-likeness (QED) is 0.812. The van der Waals surface area contributed by atoms with E-state index in [0.29, 0.717) is 15.7 Å². The summed E-state index contributed by atoms with van der Waals surface area (Å²) in [5.41, 5.74) is 7.55. The number of hydrogen-bond acceptors (Lipinski definition) is 2. The van der Waals surface area contributed by atoms with Crippen molar-refractivity contribution in [2.75, 3.05) is 5.32 Å². The molecule has 0 saturated heterocycles. The fraction of sp³-hybridized carbons (Fsp3) is 0.0667. The largest absolute Gasteiger partial charge is 0.389 e. The lowest BCUT2D eigenvalue weighted by atomic mass is 10.1. The number of hydrogen-bond donors (Lipinski definition) is 2. The number of nitrogens with one attached hydrogen (secondary N) is 1. The van der Waals surface area contributed by atoms with Crippen molar-refractivity contribution in [2.45, 2.75) is 6.92 Å². The molecule has 2 rings (SSSR count). The molecule has 21 heavy (non-hydrogen) atoms. The Morgan fingerprint density at radius 1 is 1.29 bits per heavy atom. The van der Waals surface area contributed by atoms with Gasteiger partial charge in [-0.25, -0.2) is 4.39 Å². The molecule has 108 valence electrons. The lowest BCUT2D eigenvalue weighted by molar-refractivity contribution is 0.102. The van der Waals surface area contributed by atoms with Gasteiger partial charge in [-0.15, -0.1) is 0 Å². The lowest BCUT2D eigenvalue weighted by Crippen LogP contribution is -2.16. The molecule has 3 N–H and O–H groups in total. The third-order valence-electron chi connectivity index (χ3n) is 2.94. The van der Waals surface area contributed by atoms with Crippen LogP contribution >= 0.6 is 28.1 Å². The van der Waals surface area contributed by atoms with Gasteiger partial charge in [0.1, 0.15) is 10.8 Å². The molecule has 0 aromatic heterocycles. The molecule has 6 heteroatoms. The van der Waals surface area contributed by atoms with E-state index < -0.39 is 11.7 Å². The monoisotopic (exact) mass is 366 g/mol. The first-order valence-corrected chi connectivity index (χ1v) is 7.25. The molecule has 3 nitrogen and oxygen atoms in total. The van der Waals surface area contributed by atoms with Crippen LogP contribution in [0, 0.1) is 12.7 Å². The SMILES string of the molecule is Cc1ccc(C(N)=S)cc1NC(=O)c1cc(Br)ccc1F. The number of aryl methyl sites for hydroxylation is 1. The van der Waals surface area contributed by atoms with Crippen LogP contribution in [0.5, 0.6) is 0 Å². The summed E-state index contributed by atoms with van der Waals surface area (Å²) in [4.78, 5) is 12.4. The normalized spacial score (nSPS) is 10.2. The summed E-state index contributed by atoms with van der Waals surface area (Å²) < 4.78 is 14.3. The van der Waals surface area contributed by atoms with Crippen molar-refractivity contribution in [3.8, 4) is 0 Å². The van der Waals surface area contributed by atoms with E-state index in [2.05, 4.69) is 21.2 Å². The van der Waals surface area contributed by atoms with Gasteiger partial charge in [0.25, 0.3) is 5.91 Å². The van der Waals surface area contributed by atoms with E-state index in [9.17, 15) is 9.18 Å². The predicted octanol–water partition coefficient (Wildman–Crippen LogP) is 3.78. The standard InChI is InChI=1S/C15H12BrFN2OS/c1-8-2-3-9(14(18)21)6-13(8)19-15(20)11-7-10(16)4-5-12(11)17/h2-7H,1H3,(H2,18,21)(H,19,20). The molecule has 0 aliphatic heterocycles. The summed E-state index contributed by atoms with van der Waals surface area (Å²) >= 11 is 8.12. The minimum Gasteiger partial charge on any atom is -0.389 e. The average molecular weight is 367 g/mol. The smallest absolute Gasteiger partial charge is 0.258 e. The van der Waals surface area contributed by atoms with E-state index in [-0.39, 0.29) is 10.6 Å². The Labute approximate surface area is 135 Å². The minimum absolute atomic E-state index is 0.0375. The first-order chi connectivity index (χ1) is 9.88.